The van der Waals surface area contributed by atoms with Gasteiger partial charge in [-0.05, 0) is 32.4 Å². The van der Waals surface area contributed by atoms with Gasteiger partial charge in [-0.3, -0.25) is 9.59 Å². The number of fused-ring (bicyclic) bond motifs is 1. The first-order valence-corrected chi connectivity index (χ1v) is 7.17. The summed E-state index contributed by atoms with van der Waals surface area (Å²) in [5.41, 5.74) is 1.86. The van der Waals surface area contributed by atoms with Gasteiger partial charge in [0, 0.05) is 24.7 Å². The van der Waals surface area contributed by atoms with Crippen LogP contribution in [0.4, 0.5) is 5.69 Å². The standard InChI is InChI=1S/C16H23N3O2/c1-16(2,3)18-14(20)10-19(4)15(21)13-9-11-7-5-6-8-12(11)17-13/h5-8,13,17H,9-10H2,1-4H3,(H,18,20). The Labute approximate surface area is 125 Å². The van der Waals surface area contributed by atoms with E-state index in [1.165, 1.54) is 4.90 Å². The molecule has 1 aromatic rings. The normalized spacial score (nSPS) is 16.9. The minimum absolute atomic E-state index is 0.0599. The summed E-state index contributed by atoms with van der Waals surface area (Å²) in [6.07, 6.45) is 0.667. The summed E-state index contributed by atoms with van der Waals surface area (Å²) >= 11 is 0. The molecular formula is C16H23N3O2. The van der Waals surface area contributed by atoms with Crippen LogP contribution in [-0.4, -0.2) is 41.9 Å². The number of para-hydroxylation sites is 1. The summed E-state index contributed by atoms with van der Waals surface area (Å²) in [6.45, 7) is 5.83. The third-order valence-electron chi connectivity index (χ3n) is 3.34. The Hall–Kier alpha value is -2.04. The lowest BCUT2D eigenvalue weighted by Crippen LogP contribution is -2.48. The van der Waals surface area contributed by atoms with Gasteiger partial charge in [0.05, 0.1) is 6.54 Å². The Morgan fingerprint density at radius 1 is 1.33 bits per heavy atom. The number of benzene rings is 1. The fourth-order valence-electron chi connectivity index (χ4n) is 2.46. The van der Waals surface area contributed by atoms with Crippen molar-refractivity contribution in [1.29, 1.82) is 0 Å². The second-order valence-corrected chi connectivity index (χ2v) is 6.55. The van der Waals surface area contributed by atoms with Gasteiger partial charge in [-0.2, -0.15) is 0 Å². The summed E-state index contributed by atoms with van der Waals surface area (Å²) in [5, 5.41) is 6.07. The summed E-state index contributed by atoms with van der Waals surface area (Å²) in [4.78, 5) is 25.8. The predicted molar refractivity (Wildman–Crippen MR) is 83.1 cm³/mol. The highest BCUT2D eigenvalue weighted by Crippen LogP contribution is 2.25. The minimum Gasteiger partial charge on any atom is -0.373 e. The maximum Gasteiger partial charge on any atom is 0.245 e. The van der Waals surface area contributed by atoms with E-state index < -0.39 is 0 Å². The number of hydrogen-bond acceptors (Lipinski definition) is 3. The van der Waals surface area contributed by atoms with Gasteiger partial charge in [-0.15, -0.1) is 0 Å². The van der Waals surface area contributed by atoms with Crippen molar-refractivity contribution in [3.8, 4) is 0 Å². The SMILES string of the molecule is CN(CC(=O)NC(C)(C)C)C(=O)C1Cc2ccccc2N1. The monoisotopic (exact) mass is 289 g/mol. The van der Waals surface area contributed by atoms with Gasteiger partial charge in [0.2, 0.25) is 11.8 Å². The van der Waals surface area contributed by atoms with Crippen molar-refractivity contribution in [2.45, 2.75) is 38.8 Å². The number of carbonyl (C=O) groups is 2. The highest BCUT2D eigenvalue weighted by atomic mass is 16.2. The predicted octanol–water partition coefficient (Wildman–Crippen LogP) is 1.40. The molecule has 0 aliphatic carbocycles. The lowest BCUT2D eigenvalue weighted by molar-refractivity contribution is -0.135. The molecule has 0 radical (unpaired) electrons. The number of amides is 2. The molecule has 5 nitrogen and oxygen atoms in total. The third kappa shape index (κ3) is 3.97. The Morgan fingerprint density at radius 2 is 2.00 bits per heavy atom. The van der Waals surface area contributed by atoms with E-state index in [1.807, 2.05) is 45.0 Å². The molecule has 0 saturated carbocycles. The molecule has 2 N–H and O–H groups in total. The molecule has 0 bridgehead atoms. The van der Waals surface area contributed by atoms with Crippen molar-refractivity contribution in [1.82, 2.24) is 10.2 Å². The Balaban J connectivity index is 1.91. The van der Waals surface area contributed by atoms with Gasteiger partial charge in [0.25, 0.3) is 0 Å². The van der Waals surface area contributed by atoms with Crippen LogP contribution >= 0.6 is 0 Å². The number of rotatable bonds is 3. The molecule has 5 heteroatoms. The summed E-state index contributed by atoms with van der Waals surface area (Å²) in [5.74, 6) is -0.205. The van der Waals surface area contributed by atoms with Gasteiger partial charge in [-0.25, -0.2) is 0 Å². The lowest BCUT2D eigenvalue weighted by atomic mass is 10.1. The van der Waals surface area contributed by atoms with Gasteiger partial charge in [0.15, 0.2) is 0 Å². The van der Waals surface area contributed by atoms with Gasteiger partial charge in [-0.1, -0.05) is 18.2 Å². The van der Waals surface area contributed by atoms with Crippen molar-refractivity contribution >= 4 is 17.5 Å². The molecule has 1 unspecified atom stereocenters. The molecule has 1 heterocycles. The topological polar surface area (TPSA) is 61.4 Å². The van der Waals surface area contributed by atoms with Crippen LogP contribution in [0.5, 0.6) is 0 Å². The number of nitrogens with zero attached hydrogens (tertiary/aromatic N) is 1. The van der Waals surface area contributed by atoms with Gasteiger partial charge in [0.1, 0.15) is 6.04 Å². The quantitative estimate of drug-likeness (QED) is 0.884. The smallest absolute Gasteiger partial charge is 0.245 e. The van der Waals surface area contributed by atoms with E-state index >= 15 is 0 Å². The van der Waals surface area contributed by atoms with Crippen LogP contribution in [0.3, 0.4) is 0 Å². The average Bonchev–Trinajstić information content (AvgIpc) is 2.78. The van der Waals surface area contributed by atoms with Crippen molar-refractivity contribution < 1.29 is 9.59 Å². The molecule has 1 aromatic carbocycles. The Kier molecular flexibility index (Phi) is 4.21. The van der Waals surface area contributed by atoms with Crippen LogP contribution in [0.1, 0.15) is 26.3 Å². The number of likely N-dealkylation sites (N-methyl/N-ethyl adjacent to an activating group) is 1. The summed E-state index contributed by atoms with van der Waals surface area (Å²) < 4.78 is 0. The maximum atomic E-state index is 12.4. The first kappa shape index (κ1) is 15.4. The van der Waals surface area contributed by atoms with Crippen LogP contribution in [-0.2, 0) is 16.0 Å². The summed E-state index contributed by atoms with van der Waals surface area (Å²) in [7, 11) is 1.66. The van der Waals surface area contributed by atoms with Crippen molar-refractivity contribution in [3.63, 3.8) is 0 Å². The van der Waals surface area contributed by atoms with E-state index in [-0.39, 0.29) is 29.9 Å². The number of anilines is 1. The summed E-state index contributed by atoms with van der Waals surface area (Å²) in [6, 6.07) is 7.61. The van der Waals surface area contributed by atoms with E-state index in [0.29, 0.717) is 6.42 Å². The molecular weight excluding hydrogens is 266 g/mol. The van der Waals surface area contributed by atoms with Gasteiger partial charge >= 0.3 is 0 Å². The molecule has 0 spiro atoms. The third-order valence-corrected chi connectivity index (χ3v) is 3.34. The van der Waals surface area contributed by atoms with E-state index in [2.05, 4.69) is 10.6 Å². The zero-order chi connectivity index (χ0) is 15.6. The first-order valence-electron chi connectivity index (χ1n) is 7.17. The zero-order valence-corrected chi connectivity index (χ0v) is 13.1. The fraction of sp³-hybridized carbons (Fsp3) is 0.500. The van der Waals surface area contributed by atoms with Crippen LogP contribution in [0, 0.1) is 0 Å². The lowest BCUT2D eigenvalue weighted by Gasteiger charge is -2.25. The molecule has 21 heavy (non-hydrogen) atoms. The first-order chi connectivity index (χ1) is 9.76. The number of carbonyl (C=O) groups excluding carboxylic acids is 2. The van der Waals surface area contributed by atoms with E-state index in [4.69, 9.17) is 0 Å². The highest BCUT2D eigenvalue weighted by Gasteiger charge is 2.29. The Bertz CT molecular complexity index is 524. The minimum atomic E-state index is -0.289. The Morgan fingerprint density at radius 3 is 2.62 bits per heavy atom. The largest absolute Gasteiger partial charge is 0.373 e. The van der Waals surface area contributed by atoms with E-state index in [0.717, 1.165) is 11.3 Å². The number of hydrogen-bond donors (Lipinski definition) is 2. The van der Waals surface area contributed by atoms with E-state index in [1.54, 1.807) is 7.05 Å². The molecule has 114 valence electrons. The van der Waals surface area contributed by atoms with Crippen molar-refractivity contribution in [2.75, 3.05) is 18.9 Å². The van der Waals surface area contributed by atoms with Crippen LogP contribution < -0.4 is 10.6 Å². The average molecular weight is 289 g/mol. The van der Waals surface area contributed by atoms with Gasteiger partial charge < -0.3 is 15.5 Å². The van der Waals surface area contributed by atoms with Crippen molar-refractivity contribution in [3.05, 3.63) is 29.8 Å². The fourth-order valence-corrected chi connectivity index (χ4v) is 2.46. The highest BCUT2D eigenvalue weighted by molar-refractivity contribution is 5.90. The van der Waals surface area contributed by atoms with Crippen LogP contribution in [0.25, 0.3) is 0 Å². The maximum absolute atomic E-state index is 12.4. The molecule has 2 rings (SSSR count). The number of nitrogens with one attached hydrogen (secondary N) is 2. The molecule has 0 aromatic heterocycles. The molecule has 1 aliphatic rings. The second kappa shape index (κ2) is 5.76. The zero-order valence-electron chi connectivity index (χ0n) is 13.1. The second-order valence-electron chi connectivity index (χ2n) is 6.55. The molecule has 1 atom stereocenters. The van der Waals surface area contributed by atoms with Crippen LogP contribution in [0.2, 0.25) is 0 Å². The van der Waals surface area contributed by atoms with Crippen molar-refractivity contribution in [2.24, 2.45) is 0 Å². The van der Waals surface area contributed by atoms with E-state index in [9.17, 15) is 9.59 Å². The molecule has 2 amide bonds. The molecule has 0 saturated heterocycles. The molecule has 0 fully saturated rings. The molecule has 1 aliphatic heterocycles. The van der Waals surface area contributed by atoms with Crippen LogP contribution in [0.15, 0.2) is 24.3 Å².